The molecule has 1 unspecified atom stereocenters. The van der Waals surface area contributed by atoms with Crippen LogP contribution in [0.3, 0.4) is 0 Å². The van der Waals surface area contributed by atoms with Gasteiger partial charge in [-0.3, -0.25) is 4.99 Å². The summed E-state index contributed by atoms with van der Waals surface area (Å²) in [6, 6.07) is 0.384. The molecule has 0 amide bonds. The van der Waals surface area contributed by atoms with Gasteiger partial charge in [0.2, 0.25) is 0 Å². The molecule has 3 N–H and O–H groups in total. The second-order valence-corrected chi connectivity index (χ2v) is 4.31. The van der Waals surface area contributed by atoms with Gasteiger partial charge >= 0.3 is 0 Å². The lowest BCUT2D eigenvalue weighted by Gasteiger charge is -2.16. The van der Waals surface area contributed by atoms with Gasteiger partial charge in [0.1, 0.15) is 0 Å². The van der Waals surface area contributed by atoms with E-state index in [1.54, 1.807) is 6.08 Å². The fourth-order valence-corrected chi connectivity index (χ4v) is 1.42. The van der Waals surface area contributed by atoms with Gasteiger partial charge in [-0.05, 0) is 52.8 Å². The Balaban J connectivity index is 0.000000321. The van der Waals surface area contributed by atoms with Crippen LogP contribution in [0.15, 0.2) is 53.0 Å². The molecule has 3 nitrogen and oxygen atoms in total. The second-order valence-electron chi connectivity index (χ2n) is 4.31. The quantitative estimate of drug-likeness (QED) is 0.736. The van der Waals surface area contributed by atoms with Crippen molar-refractivity contribution in [3.63, 3.8) is 0 Å². The highest BCUT2D eigenvalue weighted by Gasteiger charge is 2.02. The first-order valence-corrected chi connectivity index (χ1v) is 6.11. The maximum absolute atomic E-state index is 5.56. The maximum atomic E-state index is 5.56. The number of nitrogens with one attached hydrogen (secondary N) is 1. The number of dihydropyridines is 1. The van der Waals surface area contributed by atoms with Crippen LogP contribution in [-0.4, -0.2) is 11.8 Å². The van der Waals surface area contributed by atoms with Gasteiger partial charge in [-0.1, -0.05) is 12.7 Å². The summed E-state index contributed by atoms with van der Waals surface area (Å²) in [5, 5.41) is 3.21. The van der Waals surface area contributed by atoms with Crippen molar-refractivity contribution in [2.24, 2.45) is 10.7 Å². The van der Waals surface area contributed by atoms with Crippen LogP contribution in [0.2, 0.25) is 0 Å². The molecule has 0 bridgehead atoms. The van der Waals surface area contributed by atoms with Gasteiger partial charge in [0.05, 0.1) is 0 Å². The van der Waals surface area contributed by atoms with E-state index < -0.39 is 0 Å². The molecule has 1 rings (SSSR count). The van der Waals surface area contributed by atoms with Crippen molar-refractivity contribution in [1.29, 1.82) is 0 Å². The first kappa shape index (κ1) is 16.2. The van der Waals surface area contributed by atoms with E-state index in [4.69, 9.17) is 5.73 Å². The maximum Gasteiger partial charge on any atom is 0.0435 e. The zero-order valence-electron chi connectivity index (χ0n) is 12.1. The zero-order chi connectivity index (χ0) is 14.1. The van der Waals surface area contributed by atoms with Gasteiger partial charge < -0.3 is 11.1 Å². The molecule has 0 aromatic carbocycles. The summed E-state index contributed by atoms with van der Waals surface area (Å²) in [5.74, 6) is 0. The molecule has 3 heteroatoms. The Morgan fingerprint density at radius 1 is 1.50 bits per heavy atom. The fourth-order valence-electron chi connectivity index (χ4n) is 1.42. The predicted octanol–water partition coefficient (Wildman–Crippen LogP) is 3.28. The van der Waals surface area contributed by atoms with Crippen molar-refractivity contribution in [3.8, 4) is 0 Å². The number of allylic oxidation sites excluding steroid dienone is 5. The monoisotopic (exact) mass is 247 g/mol. The largest absolute Gasteiger partial charge is 0.399 e. The van der Waals surface area contributed by atoms with Gasteiger partial charge in [0.15, 0.2) is 0 Å². The summed E-state index contributed by atoms with van der Waals surface area (Å²) in [4.78, 5) is 4.17. The van der Waals surface area contributed by atoms with E-state index in [0.717, 1.165) is 22.8 Å². The van der Waals surface area contributed by atoms with E-state index in [9.17, 15) is 0 Å². The van der Waals surface area contributed by atoms with Crippen LogP contribution >= 0.6 is 0 Å². The number of nitrogens with zero attached hydrogens (tertiary/aromatic N) is 1. The SMILES string of the molecule is C=CC(C)=N/C(C)=C\C.CC1=CC(N)=CC(C)N1. The van der Waals surface area contributed by atoms with Crippen molar-refractivity contribution in [3.05, 3.63) is 48.0 Å². The third-order valence-electron chi connectivity index (χ3n) is 2.35. The van der Waals surface area contributed by atoms with Crippen LogP contribution in [-0.2, 0) is 0 Å². The molecule has 1 aliphatic rings. The summed E-state index contributed by atoms with van der Waals surface area (Å²) >= 11 is 0. The minimum Gasteiger partial charge on any atom is -0.399 e. The Morgan fingerprint density at radius 3 is 2.50 bits per heavy atom. The first-order valence-electron chi connectivity index (χ1n) is 6.11. The Hall–Kier alpha value is -1.77. The minimum absolute atomic E-state index is 0.384. The molecule has 0 aromatic rings. The van der Waals surface area contributed by atoms with Crippen LogP contribution in [0.4, 0.5) is 0 Å². The molecule has 0 aliphatic carbocycles. The molecule has 0 saturated heterocycles. The third-order valence-corrected chi connectivity index (χ3v) is 2.35. The number of hydrogen-bond acceptors (Lipinski definition) is 3. The molecule has 1 atom stereocenters. The molecule has 0 radical (unpaired) electrons. The number of hydrogen-bond donors (Lipinski definition) is 2. The summed E-state index contributed by atoms with van der Waals surface area (Å²) < 4.78 is 0. The highest BCUT2D eigenvalue weighted by atomic mass is 14.9. The third kappa shape index (κ3) is 7.49. The molecule has 0 fully saturated rings. The average molecular weight is 247 g/mol. The van der Waals surface area contributed by atoms with Gasteiger partial charge in [-0.25, -0.2) is 0 Å². The van der Waals surface area contributed by atoms with E-state index in [0.29, 0.717) is 6.04 Å². The molecule has 18 heavy (non-hydrogen) atoms. The highest BCUT2D eigenvalue weighted by molar-refractivity contribution is 5.92. The number of nitrogens with two attached hydrogens (primary N) is 1. The number of aliphatic imine (C=N–C) groups is 1. The molecule has 1 aliphatic heterocycles. The van der Waals surface area contributed by atoms with E-state index in [1.165, 1.54) is 0 Å². The van der Waals surface area contributed by atoms with E-state index in [-0.39, 0.29) is 0 Å². The van der Waals surface area contributed by atoms with Crippen molar-refractivity contribution in [2.75, 3.05) is 0 Å². The molecule has 0 saturated carbocycles. The van der Waals surface area contributed by atoms with Gasteiger partial charge in [0.25, 0.3) is 0 Å². The summed E-state index contributed by atoms with van der Waals surface area (Å²) in [5.41, 5.74) is 9.56. The van der Waals surface area contributed by atoms with Gasteiger partial charge in [-0.2, -0.15) is 0 Å². The Morgan fingerprint density at radius 2 is 2.11 bits per heavy atom. The zero-order valence-corrected chi connectivity index (χ0v) is 12.1. The van der Waals surface area contributed by atoms with E-state index in [2.05, 4.69) is 23.8 Å². The highest BCUT2D eigenvalue weighted by Crippen LogP contribution is 2.03. The van der Waals surface area contributed by atoms with Crippen molar-refractivity contribution < 1.29 is 0 Å². The lowest BCUT2D eigenvalue weighted by molar-refractivity contribution is 0.710. The van der Waals surface area contributed by atoms with Crippen molar-refractivity contribution in [2.45, 2.75) is 40.7 Å². The van der Waals surface area contributed by atoms with Crippen LogP contribution in [0.1, 0.15) is 34.6 Å². The lowest BCUT2D eigenvalue weighted by Crippen LogP contribution is -2.26. The smallest absolute Gasteiger partial charge is 0.0435 e. The molecule has 0 aromatic heterocycles. The average Bonchev–Trinajstić information content (AvgIpc) is 2.27. The van der Waals surface area contributed by atoms with Crippen LogP contribution in [0.25, 0.3) is 0 Å². The summed E-state index contributed by atoms with van der Waals surface area (Å²) in [7, 11) is 0. The minimum atomic E-state index is 0.384. The van der Waals surface area contributed by atoms with Crippen molar-refractivity contribution in [1.82, 2.24) is 5.32 Å². The molecule has 1 heterocycles. The van der Waals surface area contributed by atoms with E-state index in [1.807, 2.05) is 45.9 Å². The molecular formula is C15H25N3. The normalized spacial score (nSPS) is 19.9. The predicted molar refractivity (Wildman–Crippen MR) is 81.4 cm³/mol. The Bertz CT molecular complexity index is 398. The second kappa shape index (κ2) is 8.34. The fraction of sp³-hybridized carbons (Fsp3) is 0.400. The van der Waals surface area contributed by atoms with Gasteiger partial charge in [0, 0.05) is 28.8 Å². The van der Waals surface area contributed by atoms with Gasteiger partial charge in [-0.15, -0.1) is 0 Å². The topological polar surface area (TPSA) is 50.4 Å². The molecule has 100 valence electrons. The Kier molecular flexibility index (Phi) is 7.52. The summed E-state index contributed by atoms with van der Waals surface area (Å²) in [6.45, 7) is 13.5. The molecular weight excluding hydrogens is 222 g/mol. The van der Waals surface area contributed by atoms with Crippen LogP contribution in [0.5, 0.6) is 0 Å². The summed E-state index contributed by atoms with van der Waals surface area (Å²) in [6.07, 6.45) is 7.63. The first-order chi connectivity index (χ1) is 8.38. The van der Waals surface area contributed by atoms with Crippen LogP contribution in [0, 0.1) is 0 Å². The van der Waals surface area contributed by atoms with Crippen molar-refractivity contribution >= 4 is 5.71 Å². The van der Waals surface area contributed by atoms with E-state index >= 15 is 0 Å². The Labute approximate surface area is 111 Å². The lowest BCUT2D eigenvalue weighted by atomic mass is 10.2. The van der Waals surface area contributed by atoms with Crippen LogP contribution < -0.4 is 11.1 Å². The molecule has 0 spiro atoms. The number of rotatable bonds is 2. The standard InChI is InChI=1S/C8H13N.C7H12N2/c1-5-7(3)9-8(4)6-2;1-5-3-7(8)4-6(2)9-5/h5-6H,1H2,2-4H3;3-5,9H,8H2,1-2H3/b8-6-,9-7?;.